The van der Waals surface area contributed by atoms with Crippen LogP contribution in [0.4, 0.5) is 0 Å². The van der Waals surface area contributed by atoms with Crippen molar-refractivity contribution in [1.82, 2.24) is 10.6 Å². The summed E-state index contributed by atoms with van der Waals surface area (Å²) < 4.78 is 0. The van der Waals surface area contributed by atoms with Gasteiger partial charge < -0.3 is 10.6 Å². The Bertz CT molecular complexity index is 286. The van der Waals surface area contributed by atoms with E-state index in [0.717, 1.165) is 38.8 Å². The maximum absolute atomic E-state index is 12.7. The number of hydrogen-bond acceptors (Lipinski definition) is 2. The maximum Gasteiger partial charge on any atom is 0.227 e. The van der Waals surface area contributed by atoms with Crippen LogP contribution < -0.4 is 10.6 Å². The Morgan fingerprint density at radius 1 is 1.37 bits per heavy atom. The lowest BCUT2D eigenvalue weighted by molar-refractivity contribution is -0.133. The molecule has 0 radical (unpaired) electrons. The number of piperidine rings is 1. The number of rotatable bonds is 5. The van der Waals surface area contributed by atoms with Crippen LogP contribution in [0.25, 0.3) is 0 Å². The molecule has 19 heavy (non-hydrogen) atoms. The molecule has 2 fully saturated rings. The van der Waals surface area contributed by atoms with E-state index in [4.69, 9.17) is 0 Å². The van der Waals surface area contributed by atoms with Crippen LogP contribution in [0.2, 0.25) is 0 Å². The summed E-state index contributed by atoms with van der Waals surface area (Å²) >= 11 is 0. The number of carbonyl (C=O) groups is 1. The molecule has 3 heteroatoms. The van der Waals surface area contributed by atoms with E-state index < -0.39 is 0 Å². The second-order valence-electron chi connectivity index (χ2n) is 6.62. The van der Waals surface area contributed by atoms with E-state index in [0.29, 0.717) is 17.9 Å². The number of carbonyl (C=O) groups excluding carboxylic acids is 1. The molecule has 2 N–H and O–H groups in total. The topological polar surface area (TPSA) is 41.1 Å². The Morgan fingerprint density at radius 3 is 2.68 bits per heavy atom. The fourth-order valence-corrected chi connectivity index (χ4v) is 3.90. The van der Waals surface area contributed by atoms with Gasteiger partial charge in [-0.25, -0.2) is 0 Å². The normalized spacial score (nSPS) is 30.2. The standard InChI is InChI=1S/C16H30N2O/c1-3-9-16(10-6-11-17-12-16)15(19)18-13(2)14-7-4-5-8-14/h13-14,17H,3-12H2,1-2H3,(H,18,19). The van der Waals surface area contributed by atoms with Crippen molar-refractivity contribution in [2.75, 3.05) is 13.1 Å². The highest BCUT2D eigenvalue weighted by Gasteiger charge is 2.39. The van der Waals surface area contributed by atoms with Crippen LogP contribution in [0, 0.1) is 11.3 Å². The summed E-state index contributed by atoms with van der Waals surface area (Å²) in [6.45, 7) is 6.31. The third-order valence-corrected chi connectivity index (χ3v) is 5.15. The molecule has 1 saturated heterocycles. The molecule has 1 saturated carbocycles. The van der Waals surface area contributed by atoms with E-state index in [1.54, 1.807) is 0 Å². The summed E-state index contributed by atoms with van der Waals surface area (Å²) in [5, 5.41) is 6.76. The van der Waals surface area contributed by atoms with Crippen molar-refractivity contribution in [3.8, 4) is 0 Å². The van der Waals surface area contributed by atoms with Gasteiger partial charge in [0.25, 0.3) is 0 Å². The van der Waals surface area contributed by atoms with E-state index in [1.165, 1.54) is 25.7 Å². The minimum absolute atomic E-state index is 0.139. The maximum atomic E-state index is 12.7. The van der Waals surface area contributed by atoms with E-state index in [1.807, 2.05) is 0 Å². The number of hydrogen-bond donors (Lipinski definition) is 2. The lowest BCUT2D eigenvalue weighted by Crippen LogP contribution is -2.53. The SMILES string of the molecule is CCCC1(C(=O)NC(C)C2CCCC2)CCCNC1. The highest BCUT2D eigenvalue weighted by Crippen LogP contribution is 2.33. The average Bonchev–Trinajstić information content (AvgIpc) is 2.94. The summed E-state index contributed by atoms with van der Waals surface area (Å²) in [7, 11) is 0. The quantitative estimate of drug-likeness (QED) is 0.803. The molecule has 1 heterocycles. The van der Waals surface area contributed by atoms with Gasteiger partial charge in [0, 0.05) is 12.6 Å². The highest BCUT2D eigenvalue weighted by atomic mass is 16.2. The molecule has 2 aliphatic rings. The van der Waals surface area contributed by atoms with Gasteiger partial charge in [-0.05, 0) is 51.5 Å². The van der Waals surface area contributed by atoms with Gasteiger partial charge >= 0.3 is 0 Å². The first-order chi connectivity index (χ1) is 9.18. The molecule has 0 spiro atoms. The van der Waals surface area contributed by atoms with Crippen molar-refractivity contribution >= 4 is 5.91 Å². The smallest absolute Gasteiger partial charge is 0.227 e. The molecule has 3 nitrogen and oxygen atoms in total. The third kappa shape index (κ3) is 3.50. The molecule has 2 atom stereocenters. The third-order valence-electron chi connectivity index (χ3n) is 5.15. The van der Waals surface area contributed by atoms with Crippen LogP contribution in [0.5, 0.6) is 0 Å². The highest BCUT2D eigenvalue weighted by molar-refractivity contribution is 5.83. The molecule has 1 aliphatic heterocycles. The van der Waals surface area contributed by atoms with E-state index in [-0.39, 0.29) is 5.41 Å². The van der Waals surface area contributed by atoms with Gasteiger partial charge in [-0.1, -0.05) is 26.2 Å². The zero-order valence-electron chi connectivity index (χ0n) is 12.6. The first kappa shape index (κ1) is 14.8. The van der Waals surface area contributed by atoms with Crippen molar-refractivity contribution in [3.05, 3.63) is 0 Å². The van der Waals surface area contributed by atoms with Crippen molar-refractivity contribution < 1.29 is 4.79 Å². The van der Waals surface area contributed by atoms with Gasteiger partial charge in [-0.2, -0.15) is 0 Å². The number of amides is 1. The molecule has 1 aliphatic carbocycles. The molecular weight excluding hydrogens is 236 g/mol. The van der Waals surface area contributed by atoms with E-state index >= 15 is 0 Å². The van der Waals surface area contributed by atoms with Gasteiger partial charge in [0.15, 0.2) is 0 Å². The van der Waals surface area contributed by atoms with E-state index in [2.05, 4.69) is 24.5 Å². The Labute approximate surface area is 117 Å². The Kier molecular flexibility index (Phi) is 5.26. The molecule has 0 aromatic heterocycles. The van der Waals surface area contributed by atoms with Gasteiger partial charge in [0.1, 0.15) is 0 Å². The van der Waals surface area contributed by atoms with Crippen LogP contribution in [-0.2, 0) is 4.79 Å². The number of nitrogens with one attached hydrogen (secondary N) is 2. The van der Waals surface area contributed by atoms with Gasteiger partial charge in [-0.15, -0.1) is 0 Å². The Hall–Kier alpha value is -0.570. The summed E-state index contributed by atoms with van der Waals surface area (Å²) in [4.78, 5) is 12.7. The van der Waals surface area contributed by atoms with Crippen molar-refractivity contribution in [2.45, 2.75) is 71.3 Å². The van der Waals surface area contributed by atoms with Crippen molar-refractivity contribution in [2.24, 2.45) is 11.3 Å². The summed E-state index contributed by atoms with van der Waals surface area (Å²) in [6, 6.07) is 0.352. The predicted octanol–water partition coefficient (Wildman–Crippen LogP) is 2.85. The monoisotopic (exact) mass is 266 g/mol. The minimum atomic E-state index is -0.139. The zero-order valence-corrected chi connectivity index (χ0v) is 12.6. The fraction of sp³-hybridized carbons (Fsp3) is 0.938. The van der Waals surface area contributed by atoms with Crippen LogP contribution in [-0.4, -0.2) is 25.0 Å². The summed E-state index contributed by atoms with van der Waals surface area (Å²) in [5.41, 5.74) is -0.139. The molecule has 2 rings (SSSR count). The van der Waals surface area contributed by atoms with Crippen molar-refractivity contribution in [3.63, 3.8) is 0 Å². The van der Waals surface area contributed by atoms with Crippen LogP contribution >= 0.6 is 0 Å². The zero-order chi connectivity index (χ0) is 13.7. The van der Waals surface area contributed by atoms with E-state index in [9.17, 15) is 4.79 Å². The summed E-state index contributed by atoms with van der Waals surface area (Å²) in [6.07, 6.45) is 9.55. The molecule has 0 bridgehead atoms. The molecule has 2 unspecified atom stereocenters. The van der Waals surface area contributed by atoms with Gasteiger partial charge in [0.2, 0.25) is 5.91 Å². The van der Waals surface area contributed by atoms with Crippen molar-refractivity contribution in [1.29, 1.82) is 0 Å². The second-order valence-corrected chi connectivity index (χ2v) is 6.62. The lowest BCUT2D eigenvalue weighted by Gasteiger charge is -2.37. The van der Waals surface area contributed by atoms with Crippen LogP contribution in [0.15, 0.2) is 0 Å². The van der Waals surface area contributed by atoms with Crippen LogP contribution in [0.3, 0.4) is 0 Å². The second kappa shape index (κ2) is 6.74. The largest absolute Gasteiger partial charge is 0.353 e. The molecular formula is C16H30N2O. The van der Waals surface area contributed by atoms with Gasteiger partial charge in [0.05, 0.1) is 5.41 Å². The summed E-state index contributed by atoms with van der Waals surface area (Å²) in [5.74, 6) is 1.01. The first-order valence-corrected chi connectivity index (χ1v) is 8.19. The van der Waals surface area contributed by atoms with Gasteiger partial charge in [-0.3, -0.25) is 4.79 Å². The molecule has 0 aromatic carbocycles. The average molecular weight is 266 g/mol. The predicted molar refractivity (Wildman–Crippen MR) is 79.0 cm³/mol. The Balaban J connectivity index is 1.94. The molecule has 0 aromatic rings. The van der Waals surface area contributed by atoms with Crippen LogP contribution in [0.1, 0.15) is 65.2 Å². The minimum Gasteiger partial charge on any atom is -0.353 e. The fourth-order valence-electron chi connectivity index (χ4n) is 3.90. The first-order valence-electron chi connectivity index (χ1n) is 8.19. The molecule has 1 amide bonds. The molecule has 110 valence electrons. The Morgan fingerprint density at radius 2 is 2.11 bits per heavy atom. The lowest BCUT2D eigenvalue weighted by atomic mass is 9.76.